The van der Waals surface area contributed by atoms with E-state index in [2.05, 4.69) is 10.6 Å². The molecule has 1 fully saturated rings. The molecule has 0 radical (unpaired) electrons. The van der Waals surface area contributed by atoms with Crippen LogP contribution >= 0.6 is 0 Å². The van der Waals surface area contributed by atoms with E-state index in [9.17, 15) is 24.0 Å². The zero-order valence-corrected chi connectivity index (χ0v) is 16.7. The fourth-order valence-corrected chi connectivity index (χ4v) is 3.18. The maximum Gasteiger partial charge on any atom is 0.322 e. The smallest absolute Gasteiger partial charge is 0.322 e. The van der Waals surface area contributed by atoms with Crippen molar-refractivity contribution in [3.8, 4) is 0 Å². The van der Waals surface area contributed by atoms with E-state index < -0.39 is 54.3 Å². The molecule has 11 nitrogen and oxygen atoms in total. The van der Waals surface area contributed by atoms with Gasteiger partial charge in [-0.15, -0.1) is 0 Å². The molecule has 29 heavy (non-hydrogen) atoms. The maximum absolute atomic E-state index is 12.7. The number of carbonyl (C=O) groups is 5. The highest BCUT2D eigenvalue weighted by Gasteiger charge is 2.37. The molecule has 1 rings (SSSR count). The van der Waals surface area contributed by atoms with E-state index in [1.54, 1.807) is 0 Å². The summed E-state index contributed by atoms with van der Waals surface area (Å²) in [6, 6.07) is -2.76. The zero-order valence-electron chi connectivity index (χ0n) is 16.7. The molecule has 0 aromatic rings. The van der Waals surface area contributed by atoms with Crippen LogP contribution < -0.4 is 16.4 Å². The zero-order chi connectivity index (χ0) is 22.1. The van der Waals surface area contributed by atoms with Crippen LogP contribution in [0.1, 0.15) is 46.0 Å². The summed E-state index contributed by atoms with van der Waals surface area (Å²) in [4.78, 5) is 60.2. The first kappa shape index (κ1) is 24.3. The molecule has 3 unspecified atom stereocenters. The molecule has 3 atom stereocenters. The van der Waals surface area contributed by atoms with Gasteiger partial charge in [0, 0.05) is 13.0 Å². The number of nitrogens with zero attached hydrogens (tertiary/aromatic N) is 1. The minimum atomic E-state index is -1.20. The summed E-state index contributed by atoms with van der Waals surface area (Å²) in [5, 5.41) is 22.3. The second-order valence-corrected chi connectivity index (χ2v) is 7.53. The van der Waals surface area contributed by atoms with Crippen molar-refractivity contribution in [2.24, 2.45) is 11.7 Å². The van der Waals surface area contributed by atoms with Gasteiger partial charge in [0.15, 0.2) is 0 Å². The summed E-state index contributed by atoms with van der Waals surface area (Å²) < 4.78 is 0. The summed E-state index contributed by atoms with van der Waals surface area (Å²) in [6.45, 7) is 3.47. The van der Waals surface area contributed by atoms with E-state index in [-0.39, 0.29) is 18.8 Å². The Morgan fingerprint density at radius 3 is 2.34 bits per heavy atom. The molecule has 164 valence electrons. The van der Waals surface area contributed by atoms with E-state index in [4.69, 9.17) is 15.9 Å². The second kappa shape index (κ2) is 11.3. The largest absolute Gasteiger partial charge is 0.481 e. The third kappa shape index (κ3) is 8.06. The fraction of sp³-hybridized carbons (Fsp3) is 0.722. The molecule has 1 saturated heterocycles. The molecule has 0 saturated carbocycles. The van der Waals surface area contributed by atoms with Crippen LogP contribution in [0.4, 0.5) is 0 Å². The minimum absolute atomic E-state index is 0.0351. The fourth-order valence-electron chi connectivity index (χ4n) is 3.18. The Balaban J connectivity index is 2.78. The Kier molecular flexibility index (Phi) is 9.53. The molecule has 0 aliphatic carbocycles. The highest BCUT2D eigenvalue weighted by Crippen LogP contribution is 2.20. The number of aliphatic carboxylic acids is 2. The van der Waals surface area contributed by atoms with Crippen LogP contribution in [0.15, 0.2) is 0 Å². The Morgan fingerprint density at radius 1 is 1.14 bits per heavy atom. The Morgan fingerprint density at radius 2 is 1.79 bits per heavy atom. The van der Waals surface area contributed by atoms with Gasteiger partial charge in [-0.05, 0) is 31.6 Å². The predicted molar refractivity (Wildman–Crippen MR) is 102 cm³/mol. The molecule has 11 heteroatoms. The predicted octanol–water partition coefficient (Wildman–Crippen LogP) is -1.10. The molecule has 1 heterocycles. The van der Waals surface area contributed by atoms with Crippen molar-refractivity contribution < 1.29 is 34.2 Å². The van der Waals surface area contributed by atoms with E-state index in [1.807, 2.05) is 13.8 Å². The number of nitrogens with one attached hydrogen (secondary N) is 2. The van der Waals surface area contributed by atoms with Gasteiger partial charge in [0.25, 0.3) is 0 Å². The van der Waals surface area contributed by atoms with Gasteiger partial charge in [-0.1, -0.05) is 13.8 Å². The van der Waals surface area contributed by atoms with Crippen molar-refractivity contribution in [2.45, 2.75) is 64.1 Å². The first-order valence-corrected chi connectivity index (χ1v) is 9.60. The molecule has 3 amide bonds. The summed E-state index contributed by atoms with van der Waals surface area (Å²) >= 11 is 0. The second-order valence-electron chi connectivity index (χ2n) is 7.53. The van der Waals surface area contributed by atoms with Crippen LogP contribution in [-0.2, 0) is 24.0 Å². The Bertz CT molecular complexity index is 638. The van der Waals surface area contributed by atoms with Crippen molar-refractivity contribution in [2.75, 3.05) is 13.1 Å². The van der Waals surface area contributed by atoms with E-state index in [0.29, 0.717) is 25.8 Å². The average molecular weight is 414 g/mol. The molecule has 0 aromatic heterocycles. The van der Waals surface area contributed by atoms with Crippen LogP contribution in [0.3, 0.4) is 0 Å². The number of amides is 3. The van der Waals surface area contributed by atoms with Crippen molar-refractivity contribution in [3.05, 3.63) is 0 Å². The maximum atomic E-state index is 12.7. The van der Waals surface area contributed by atoms with Gasteiger partial charge in [-0.3, -0.25) is 24.0 Å². The van der Waals surface area contributed by atoms with Gasteiger partial charge in [-0.2, -0.15) is 0 Å². The summed E-state index contributed by atoms with van der Waals surface area (Å²) in [5.41, 5.74) is 5.78. The number of likely N-dealkylation sites (tertiary alicyclic amines) is 1. The minimum Gasteiger partial charge on any atom is -0.481 e. The molecular formula is C18H30N4O7. The number of carbonyl (C=O) groups excluding carboxylic acids is 3. The van der Waals surface area contributed by atoms with Crippen LogP contribution in [0.5, 0.6) is 0 Å². The summed E-state index contributed by atoms with van der Waals surface area (Å²) in [5.74, 6) is -3.83. The van der Waals surface area contributed by atoms with Crippen LogP contribution in [-0.4, -0.2) is 76.0 Å². The number of hydrogen-bond donors (Lipinski definition) is 5. The topological polar surface area (TPSA) is 179 Å². The average Bonchev–Trinajstić information content (AvgIpc) is 3.12. The lowest BCUT2D eigenvalue weighted by Crippen LogP contribution is -2.55. The lowest BCUT2D eigenvalue weighted by Gasteiger charge is -2.28. The SMILES string of the molecule is CC(C)CC(NC(=O)C1CCCN1C(=O)C(N)CCC(=O)O)C(=O)NCC(=O)O. The van der Waals surface area contributed by atoms with Gasteiger partial charge >= 0.3 is 11.9 Å². The number of carboxylic acid groups (broad SMARTS) is 2. The van der Waals surface area contributed by atoms with Crippen molar-refractivity contribution in [3.63, 3.8) is 0 Å². The molecule has 6 N–H and O–H groups in total. The third-order valence-electron chi connectivity index (χ3n) is 4.58. The summed E-state index contributed by atoms with van der Waals surface area (Å²) in [6.07, 6.45) is 0.990. The number of hydrogen-bond acceptors (Lipinski definition) is 6. The number of carboxylic acids is 2. The van der Waals surface area contributed by atoms with Gasteiger partial charge in [0.05, 0.1) is 6.04 Å². The quantitative estimate of drug-likeness (QED) is 0.283. The van der Waals surface area contributed by atoms with Crippen molar-refractivity contribution >= 4 is 29.7 Å². The first-order valence-electron chi connectivity index (χ1n) is 9.60. The Hall–Kier alpha value is -2.69. The number of rotatable bonds is 11. The third-order valence-corrected chi connectivity index (χ3v) is 4.58. The standard InChI is InChI=1S/C18H30N4O7/c1-10(2)8-12(16(27)20-9-15(25)26)21-17(28)13-4-3-7-22(13)18(29)11(19)5-6-14(23)24/h10-13H,3-9,19H2,1-2H3,(H,20,27)(H,21,28)(H,23,24)(H,25,26). The lowest BCUT2D eigenvalue weighted by atomic mass is 10.0. The molecule has 0 spiro atoms. The Labute approximate surface area is 169 Å². The van der Waals surface area contributed by atoms with Gasteiger partial charge < -0.3 is 31.5 Å². The van der Waals surface area contributed by atoms with E-state index in [1.165, 1.54) is 4.90 Å². The molecular weight excluding hydrogens is 384 g/mol. The van der Waals surface area contributed by atoms with Crippen LogP contribution in [0.25, 0.3) is 0 Å². The molecule has 1 aliphatic rings. The van der Waals surface area contributed by atoms with E-state index >= 15 is 0 Å². The van der Waals surface area contributed by atoms with Crippen LogP contribution in [0.2, 0.25) is 0 Å². The highest BCUT2D eigenvalue weighted by molar-refractivity contribution is 5.94. The van der Waals surface area contributed by atoms with Gasteiger partial charge in [0.2, 0.25) is 17.7 Å². The molecule has 1 aliphatic heterocycles. The highest BCUT2D eigenvalue weighted by atomic mass is 16.4. The molecule has 0 aromatic carbocycles. The molecule has 0 bridgehead atoms. The lowest BCUT2D eigenvalue weighted by molar-refractivity contribution is -0.142. The monoisotopic (exact) mass is 414 g/mol. The number of nitrogens with two attached hydrogens (primary N) is 1. The van der Waals surface area contributed by atoms with Gasteiger partial charge in [0.1, 0.15) is 18.6 Å². The first-order chi connectivity index (χ1) is 13.5. The van der Waals surface area contributed by atoms with Gasteiger partial charge in [-0.25, -0.2) is 0 Å². The van der Waals surface area contributed by atoms with E-state index in [0.717, 1.165) is 0 Å². The normalized spacial score (nSPS) is 18.2. The van der Waals surface area contributed by atoms with Crippen molar-refractivity contribution in [1.82, 2.24) is 15.5 Å². The summed E-state index contributed by atoms with van der Waals surface area (Å²) in [7, 11) is 0. The van der Waals surface area contributed by atoms with Crippen molar-refractivity contribution in [1.29, 1.82) is 0 Å². The van der Waals surface area contributed by atoms with Crippen LogP contribution in [0, 0.1) is 5.92 Å².